The van der Waals surface area contributed by atoms with Gasteiger partial charge in [-0.25, -0.2) is 0 Å². The molecule has 3 rings (SSSR count). The number of nitrogens with one attached hydrogen (secondary N) is 2. The third kappa shape index (κ3) is 3.89. The molecular weight excluding hydrogens is 308 g/mol. The zero-order valence-electron chi connectivity index (χ0n) is 14.8. The van der Waals surface area contributed by atoms with E-state index < -0.39 is 0 Å². The van der Waals surface area contributed by atoms with Crippen LogP contribution in [0.2, 0.25) is 0 Å². The molecule has 0 fully saturated rings. The summed E-state index contributed by atoms with van der Waals surface area (Å²) in [7, 11) is 0. The van der Waals surface area contributed by atoms with E-state index in [0.717, 1.165) is 28.2 Å². The van der Waals surface area contributed by atoms with Gasteiger partial charge in [0, 0.05) is 11.4 Å². The number of carbonyl (C=O) groups excluding carboxylic acids is 1. The molecule has 0 radical (unpaired) electrons. The summed E-state index contributed by atoms with van der Waals surface area (Å²) in [5.41, 5.74) is 6.60. The molecule has 3 aromatic carbocycles. The summed E-state index contributed by atoms with van der Waals surface area (Å²) in [5, 5.41) is 6.39. The summed E-state index contributed by atoms with van der Waals surface area (Å²) in [6.07, 6.45) is 0. The van der Waals surface area contributed by atoms with Gasteiger partial charge in [0.05, 0.1) is 11.3 Å². The van der Waals surface area contributed by atoms with Crippen molar-refractivity contribution in [2.45, 2.75) is 20.8 Å². The number of rotatable bonds is 4. The normalized spacial score (nSPS) is 10.4. The van der Waals surface area contributed by atoms with Crippen molar-refractivity contribution in [3.63, 3.8) is 0 Å². The lowest BCUT2D eigenvalue weighted by molar-refractivity contribution is 0.102. The van der Waals surface area contributed by atoms with Gasteiger partial charge in [0.15, 0.2) is 0 Å². The lowest BCUT2D eigenvalue weighted by Crippen LogP contribution is -2.14. The zero-order valence-corrected chi connectivity index (χ0v) is 14.8. The van der Waals surface area contributed by atoms with Crippen LogP contribution in [0.4, 0.5) is 17.1 Å². The summed E-state index contributed by atoms with van der Waals surface area (Å²) in [5.74, 6) is -0.122. The molecule has 0 spiro atoms. The van der Waals surface area contributed by atoms with Crippen molar-refractivity contribution in [3.05, 3.63) is 89.0 Å². The Balaban J connectivity index is 1.87. The maximum Gasteiger partial charge on any atom is 0.257 e. The van der Waals surface area contributed by atoms with Gasteiger partial charge in [-0.3, -0.25) is 4.79 Å². The molecule has 0 aliphatic carbocycles. The molecule has 0 unspecified atom stereocenters. The van der Waals surface area contributed by atoms with Gasteiger partial charge < -0.3 is 10.6 Å². The Morgan fingerprint density at radius 3 is 2.12 bits per heavy atom. The molecule has 0 aromatic heterocycles. The molecule has 0 bridgehead atoms. The molecule has 126 valence electrons. The summed E-state index contributed by atoms with van der Waals surface area (Å²) in [6, 6.07) is 21.6. The molecule has 0 saturated heterocycles. The number of aryl methyl sites for hydroxylation is 3. The van der Waals surface area contributed by atoms with Crippen LogP contribution in [0.1, 0.15) is 27.0 Å². The van der Waals surface area contributed by atoms with Gasteiger partial charge in [-0.15, -0.1) is 0 Å². The Bertz CT molecular complexity index is 915. The summed E-state index contributed by atoms with van der Waals surface area (Å²) in [6.45, 7) is 6.08. The predicted octanol–water partition coefficient (Wildman–Crippen LogP) is 5.61. The third-order valence-corrected chi connectivity index (χ3v) is 4.22. The van der Waals surface area contributed by atoms with Gasteiger partial charge >= 0.3 is 0 Å². The molecule has 0 aliphatic rings. The largest absolute Gasteiger partial charge is 0.355 e. The smallest absolute Gasteiger partial charge is 0.257 e. The standard InChI is InChI=1S/C22H22N2O/c1-15-12-13-20(17(3)14-15)24-22(25)18-9-5-7-11-21(18)23-19-10-6-4-8-16(19)2/h4-14,23H,1-3H3,(H,24,25). The molecule has 3 aromatic rings. The monoisotopic (exact) mass is 330 g/mol. The summed E-state index contributed by atoms with van der Waals surface area (Å²) in [4.78, 5) is 12.8. The van der Waals surface area contributed by atoms with Crippen LogP contribution in [-0.2, 0) is 0 Å². The van der Waals surface area contributed by atoms with E-state index in [4.69, 9.17) is 0 Å². The molecule has 3 heteroatoms. The van der Waals surface area contributed by atoms with Gasteiger partial charge in [-0.1, -0.05) is 48.0 Å². The van der Waals surface area contributed by atoms with E-state index >= 15 is 0 Å². The highest BCUT2D eigenvalue weighted by atomic mass is 16.1. The highest BCUT2D eigenvalue weighted by molar-refractivity contribution is 6.08. The minimum absolute atomic E-state index is 0.122. The van der Waals surface area contributed by atoms with Gasteiger partial charge in [-0.2, -0.15) is 0 Å². The second-order valence-electron chi connectivity index (χ2n) is 6.26. The van der Waals surface area contributed by atoms with Crippen LogP contribution >= 0.6 is 0 Å². The fraction of sp³-hybridized carbons (Fsp3) is 0.136. The van der Waals surface area contributed by atoms with Crippen molar-refractivity contribution in [2.75, 3.05) is 10.6 Å². The Morgan fingerprint density at radius 2 is 1.40 bits per heavy atom. The Kier molecular flexibility index (Phi) is 4.85. The van der Waals surface area contributed by atoms with Crippen molar-refractivity contribution in [3.8, 4) is 0 Å². The van der Waals surface area contributed by atoms with E-state index in [2.05, 4.69) is 16.7 Å². The molecule has 25 heavy (non-hydrogen) atoms. The number of benzene rings is 3. The lowest BCUT2D eigenvalue weighted by atomic mass is 10.1. The average Bonchev–Trinajstić information content (AvgIpc) is 2.60. The van der Waals surface area contributed by atoms with Crippen molar-refractivity contribution >= 4 is 23.0 Å². The van der Waals surface area contributed by atoms with Gasteiger partial charge in [-0.05, 0) is 56.2 Å². The van der Waals surface area contributed by atoms with E-state index in [0.29, 0.717) is 5.56 Å². The molecule has 0 heterocycles. The van der Waals surface area contributed by atoms with Crippen LogP contribution < -0.4 is 10.6 Å². The number of hydrogen-bond acceptors (Lipinski definition) is 2. The lowest BCUT2D eigenvalue weighted by Gasteiger charge is -2.15. The van der Waals surface area contributed by atoms with Crippen LogP contribution in [0.3, 0.4) is 0 Å². The van der Waals surface area contributed by atoms with Gasteiger partial charge in [0.2, 0.25) is 0 Å². The Hall–Kier alpha value is -3.07. The number of amides is 1. The first-order valence-corrected chi connectivity index (χ1v) is 8.35. The van der Waals surface area contributed by atoms with Gasteiger partial charge in [0.25, 0.3) is 5.91 Å². The van der Waals surface area contributed by atoms with Crippen LogP contribution in [0.15, 0.2) is 66.7 Å². The first-order chi connectivity index (χ1) is 12.0. The topological polar surface area (TPSA) is 41.1 Å². The average molecular weight is 330 g/mol. The van der Waals surface area contributed by atoms with Crippen molar-refractivity contribution in [1.29, 1.82) is 0 Å². The number of carbonyl (C=O) groups is 1. The molecule has 0 atom stereocenters. The SMILES string of the molecule is Cc1ccc(NC(=O)c2ccccc2Nc2ccccc2C)c(C)c1. The number of para-hydroxylation sites is 2. The zero-order chi connectivity index (χ0) is 17.8. The first-order valence-electron chi connectivity index (χ1n) is 8.35. The maximum absolute atomic E-state index is 12.8. The van der Waals surface area contributed by atoms with Crippen molar-refractivity contribution in [1.82, 2.24) is 0 Å². The highest BCUT2D eigenvalue weighted by Gasteiger charge is 2.13. The third-order valence-electron chi connectivity index (χ3n) is 4.22. The minimum Gasteiger partial charge on any atom is -0.355 e. The Labute approximate surface area is 148 Å². The van der Waals surface area contributed by atoms with E-state index in [1.54, 1.807) is 0 Å². The molecule has 3 nitrogen and oxygen atoms in total. The van der Waals surface area contributed by atoms with Crippen LogP contribution in [-0.4, -0.2) is 5.91 Å². The van der Waals surface area contributed by atoms with Crippen molar-refractivity contribution in [2.24, 2.45) is 0 Å². The fourth-order valence-corrected chi connectivity index (χ4v) is 2.79. The van der Waals surface area contributed by atoms with E-state index in [1.165, 1.54) is 5.56 Å². The second kappa shape index (κ2) is 7.22. The van der Waals surface area contributed by atoms with Crippen LogP contribution in [0.5, 0.6) is 0 Å². The van der Waals surface area contributed by atoms with E-state index in [1.807, 2.05) is 81.4 Å². The minimum atomic E-state index is -0.122. The van der Waals surface area contributed by atoms with E-state index in [-0.39, 0.29) is 5.91 Å². The highest BCUT2D eigenvalue weighted by Crippen LogP contribution is 2.25. The maximum atomic E-state index is 12.8. The predicted molar refractivity (Wildman–Crippen MR) is 105 cm³/mol. The van der Waals surface area contributed by atoms with Gasteiger partial charge in [0.1, 0.15) is 0 Å². The van der Waals surface area contributed by atoms with Crippen LogP contribution in [0, 0.1) is 20.8 Å². The van der Waals surface area contributed by atoms with Crippen molar-refractivity contribution < 1.29 is 4.79 Å². The molecule has 2 N–H and O–H groups in total. The summed E-state index contributed by atoms with van der Waals surface area (Å²) >= 11 is 0. The first kappa shape index (κ1) is 16.8. The number of hydrogen-bond donors (Lipinski definition) is 2. The fourth-order valence-electron chi connectivity index (χ4n) is 2.79. The Morgan fingerprint density at radius 1 is 0.720 bits per heavy atom. The van der Waals surface area contributed by atoms with Crippen LogP contribution in [0.25, 0.3) is 0 Å². The van der Waals surface area contributed by atoms with E-state index in [9.17, 15) is 4.79 Å². The molecule has 0 aliphatic heterocycles. The number of anilines is 3. The quantitative estimate of drug-likeness (QED) is 0.653. The second-order valence-corrected chi connectivity index (χ2v) is 6.26. The molecule has 1 amide bonds. The molecule has 0 saturated carbocycles. The molecular formula is C22H22N2O. The summed E-state index contributed by atoms with van der Waals surface area (Å²) < 4.78 is 0.